The van der Waals surface area contributed by atoms with Gasteiger partial charge in [-0.25, -0.2) is 9.59 Å². The van der Waals surface area contributed by atoms with Gasteiger partial charge in [0.05, 0.1) is 12.2 Å². The maximum absolute atomic E-state index is 12.5. The summed E-state index contributed by atoms with van der Waals surface area (Å²) in [6.07, 6.45) is -7.75. The standard InChI is InChI=1S/C25H32N4O12/c1-24(2)38-16-14(36-20(18(16)40-24)28-7-5-12(32)26-22(28)34)10(30)9-11(31)15-17-19(41-25(3,4)39-17)21(37-15)29-8-6-13(33)27-23(29)35/h5-8,10-11,14-21,30-31H,9H2,1-4H3,(H,26,32,34)(H,27,33,35)/t10?,11?,14-,15-,16-,17-,18-,19-,20-,21-/m1/s1. The number of rotatable bonds is 6. The molecule has 2 aromatic rings. The first-order chi connectivity index (χ1) is 19.2. The van der Waals surface area contributed by atoms with Crippen LogP contribution in [0, 0.1) is 0 Å². The Balaban J connectivity index is 1.23. The van der Waals surface area contributed by atoms with E-state index in [0.29, 0.717) is 0 Å². The smallest absolute Gasteiger partial charge is 0.330 e. The first-order valence-electron chi connectivity index (χ1n) is 13.2. The van der Waals surface area contributed by atoms with Crippen LogP contribution in [0.2, 0.25) is 0 Å². The van der Waals surface area contributed by atoms with Gasteiger partial charge in [0.15, 0.2) is 24.0 Å². The summed E-state index contributed by atoms with van der Waals surface area (Å²) in [5.74, 6) is -2.11. The minimum Gasteiger partial charge on any atom is -0.390 e. The predicted octanol–water partition coefficient (Wildman–Crippen LogP) is -1.97. The Bertz CT molecular complexity index is 1430. The zero-order valence-electron chi connectivity index (χ0n) is 22.7. The maximum Gasteiger partial charge on any atom is 0.330 e. The summed E-state index contributed by atoms with van der Waals surface area (Å²) in [4.78, 5) is 52.5. The lowest BCUT2D eigenvalue weighted by Crippen LogP contribution is -2.45. The van der Waals surface area contributed by atoms with Crippen LogP contribution in [-0.4, -0.2) is 89.7 Å². The first-order valence-corrected chi connectivity index (χ1v) is 13.2. The number of fused-ring (bicyclic) bond motifs is 2. The number of hydrogen-bond donors (Lipinski definition) is 4. The third-order valence-electron chi connectivity index (χ3n) is 7.62. The van der Waals surface area contributed by atoms with E-state index in [2.05, 4.69) is 9.97 Å². The molecule has 0 amide bonds. The fourth-order valence-electron chi connectivity index (χ4n) is 6.05. The van der Waals surface area contributed by atoms with Gasteiger partial charge in [-0.15, -0.1) is 0 Å². The van der Waals surface area contributed by atoms with Gasteiger partial charge in [-0.2, -0.15) is 0 Å². The molecule has 0 radical (unpaired) electrons. The van der Waals surface area contributed by atoms with Crippen molar-refractivity contribution in [2.45, 2.75) is 107 Å². The molecule has 6 heterocycles. The SMILES string of the molecule is CC1(C)O[C@@H]2[C@H](O1)[C@@H](C(O)CC(O)[C@H]1O[C@@H](n3ccc(=O)[nH]c3=O)[C@@H]3OC(C)(C)O[C@@H]31)O[C@H]2n1ccc(=O)[nH]c1=O. The molecule has 4 N–H and O–H groups in total. The van der Waals surface area contributed by atoms with Crippen molar-refractivity contribution in [3.8, 4) is 0 Å². The van der Waals surface area contributed by atoms with E-state index in [1.807, 2.05) is 0 Å². The van der Waals surface area contributed by atoms with Crippen LogP contribution in [-0.2, 0) is 28.4 Å². The molecule has 4 fully saturated rings. The van der Waals surface area contributed by atoms with E-state index in [4.69, 9.17) is 28.4 Å². The van der Waals surface area contributed by atoms with Crippen molar-refractivity contribution in [2.75, 3.05) is 0 Å². The number of nitrogens with zero attached hydrogens (tertiary/aromatic N) is 2. The Hall–Kier alpha value is -2.96. The molecule has 4 aliphatic rings. The highest BCUT2D eigenvalue weighted by Gasteiger charge is 2.60. The Morgan fingerprint density at radius 2 is 1.07 bits per heavy atom. The maximum atomic E-state index is 12.5. The van der Waals surface area contributed by atoms with Crippen LogP contribution in [0.15, 0.2) is 43.7 Å². The predicted molar refractivity (Wildman–Crippen MR) is 135 cm³/mol. The van der Waals surface area contributed by atoms with E-state index < -0.39 is 95.4 Å². The molecule has 0 aromatic carbocycles. The lowest BCUT2D eigenvalue weighted by atomic mass is 9.96. The number of nitrogens with one attached hydrogen (secondary N) is 2. The molecule has 4 aliphatic heterocycles. The number of H-pyrrole nitrogens is 2. The third-order valence-corrected chi connectivity index (χ3v) is 7.62. The lowest BCUT2D eigenvalue weighted by molar-refractivity contribution is -0.217. The average Bonchev–Trinajstić information content (AvgIpc) is 3.55. The number of ether oxygens (including phenoxy) is 6. The lowest BCUT2D eigenvalue weighted by Gasteiger charge is -2.30. The van der Waals surface area contributed by atoms with Crippen LogP contribution in [0.1, 0.15) is 46.6 Å². The van der Waals surface area contributed by atoms with Crippen LogP contribution in [0.5, 0.6) is 0 Å². The molecular weight excluding hydrogens is 548 g/mol. The van der Waals surface area contributed by atoms with Crippen LogP contribution in [0.3, 0.4) is 0 Å². The van der Waals surface area contributed by atoms with E-state index >= 15 is 0 Å². The quantitative estimate of drug-likeness (QED) is 0.294. The third kappa shape index (κ3) is 5.03. The van der Waals surface area contributed by atoms with Gasteiger partial charge in [-0.3, -0.25) is 28.7 Å². The minimum absolute atomic E-state index is 0.268. The second-order valence-electron chi connectivity index (χ2n) is 11.5. The van der Waals surface area contributed by atoms with Gasteiger partial charge < -0.3 is 38.6 Å². The molecule has 0 saturated carbocycles. The molecule has 0 aliphatic carbocycles. The highest BCUT2D eigenvalue weighted by Crippen LogP contribution is 2.46. The monoisotopic (exact) mass is 580 g/mol. The van der Waals surface area contributed by atoms with Crippen LogP contribution in [0.25, 0.3) is 0 Å². The van der Waals surface area contributed by atoms with Gasteiger partial charge in [0.25, 0.3) is 11.1 Å². The van der Waals surface area contributed by atoms with Crippen molar-refractivity contribution in [1.82, 2.24) is 19.1 Å². The number of aliphatic hydroxyl groups is 2. The van der Waals surface area contributed by atoms with E-state index in [1.54, 1.807) is 27.7 Å². The zero-order chi connectivity index (χ0) is 29.4. The van der Waals surface area contributed by atoms with Gasteiger partial charge in [0.2, 0.25) is 0 Å². The fraction of sp³-hybridized carbons (Fsp3) is 0.680. The zero-order valence-corrected chi connectivity index (χ0v) is 22.7. The summed E-state index contributed by atoms with van der Waals surface area (Å²) in [5.41, 5.74) is -2.61. The molecule has 16 nitrogen and oxygen atoms in total. The molecule has 0 bridgehead atoms. The van der Waals surface area contributed by atoms with Gasteiger partial charge in [-0.05, 0) is 27.7 Å². The average molecular weight is 581 g/mol. The van der Waals surface area contributed by atoms with Crippen LogP contribution >= 0.6 is 0 Å². The molecule has 16 heteroatoms. The normalized spacial score (nSPS) is 36.6. The molecule has 0 spiro atoms. The van der Waals surface area contributed by atoms with E-state index in [-0.39, 0.29) is 6.42 Å². The van der Waals surface area contributed by atoms with Crippen molar-refractivity contribution in [3.63, 3.8) is 0 Å². The topological polar surface area (TPSA) is 206 Å². The summed E-state index contributed by atoms with van der Waals surface area (Å²) in [6.45, 7) is 6.73. The van der Waals surface area contributed by atoms with Crippen LogP contribution in [0.4, 0.5) is 0 Å². The summed E-state index contributed by atoms with van der Waals surface area (Å²) < 4.78 is 38.4. The van der Waals surface area contributed by atoms with E-state index in [1.165, 1.54) is 12.4 Å². The molecule has 4 saturated heterocycles. The van der Waals surface area contributed by atoms with Crippen molar-refractivity contribution in [1.29, 1.82) is 0 Å². The number of aliphatic hydroxyl groups excluding tert-OH is 2. The molecule has 224 valence electrons. The van der Waals surface area contributed by atoms with Crippen molar-refractivity contribution in [2.24, 2.45) is 0 Å². The minimum atomic E-state index is -1.33. The molecular formula is C25H32N4O12. The Morgan fingerprint density at radius 3 is 1.44 bits per heavy atom. The summed E-state index contributed by atoms with van der Waals surface area (Å²) in [7, 11) is 0. The van der Waals surface area contributed by atoms with Crippen molar-refractivity contribution < 1.29 is 38.6 Å². The second kappa shape index (κ2) is 9.81. The summed E-state index contributed by atoms with van der Waals surface area (Å²) in [6, 6.07) is 2.33. The number of aromatic nitrogens is 4. The Morgan fingerprint density at radius 1 is 0.707 bits per heavy atom. The highest BCUT2D eigenvalue weighted by atomic mass is 16.8. The Kier molecular flexibility index (Phi) is 6.74. The second-order valence-corrected chi connectivity index (χ2v) is 11.5. The van der Waals surface area contributed by atoms with Crippen LogP contribution < -0.4 is 22.5 Å². The summed E-state index contributed by atoms with van der Waals surface area (Å²) >= 11 is 0. The van der Waals surface area contributed by atoms with E-state index in [0.717, 1.165) is 21.3 Å². The molecule has 41 heavy (non-hydrogen) atoms. The highest BCUT2D eigenvalue weighted by molar-refractivity contribution is 5.04. The van der Waals surface area contributed by atoms with Gasteiger partial charge in [-0.1, -0.05) is 0 Å². The summed E-state index contributed by atoms with van der Waals surface area (Å²) in [5, 5.41) is 22.6. The van der Waals surface area contributed by atoms with Gasteiger partial charge in [0.1, 0.15) is 36.6 Å². The van der Waals surface area contributed by atoms with E-state index in [9.17, 15) is 29.4 Å². The number of aromatic amines is 2. The van der Waals surface area contributed by atoms with Crippen molar-refractivity contribution in [3.05, 3.63) is 66.2 Å². The number of hydrogen-bond acceptors (Lipinski definition) is 12. The molecule has 2 unspecified atom stereocenters. The first kappa shape index (κ1) is 28.2. The molecule has 10 atom stereocenters. The van der Waals surface area contributed by atoms with Crippen molar-refractivity contribution >= 4 is 0 Å². The van der Waals surface area contributed by atoms with Gasteiger partial charge in [0, 0.05) is 30.9 Å². The van der Waals surface area contributed by atoms with Gasteiger partial charge >= 0.3 is 11.4 Å². The Labute approximate surface area is 231 Å². The largest absolute Gasteiger partial charge is 0.390 e. The molecule has 6 rings (SSSR count). The fourth-order valence-corrected chi connectivity index (χ4v) is 6.05. The molecule has 2 aromatic heterocycles.